The van der Waals surface area contributed by atoms with Gasteiger partial charge in [-0.2, -0.15) is 0 Å². The fraction of sp³-hybridized carbons (Fsp3) is 0.860. The standard InChI is InChI=1S/C23H44N2O5S.C20H38N2O5S.4H2/c1-7-19(6)16-30-12-10-25-23(28)21(31-13-8-20(26)18(4)5)14-22(27)24-9-11-29-15-17(2)3;1-6-9-26-10-8-22-20(25)18(28-14-17(23)16(4)5)12-19(24)21-7-11-27-13-15(2)3;;;;/h17-19,21H,7-16H2,1-6H3,(H,24,27)(H,25,28);15-16,18H,6-14H2,1-5H3,(H,21,24)(H,22,25);4*1H. The van der Waals surface area contributed by atoms with Crippen LogP contribution in [0.1, 0.15) is 114 Å². The fourth-order valence-corrected chi connectivity index (χ4v) is 6.72. The summed E-state index contributed by atoms with van der Waals surface area (Å²) in [5.74, 6) is 1.38. The Morgan fingerprint density at radius 1 is 0.525 bits per heavy atom. The molecule has 0 aromatic heterocycles. The Labute approximate surface area is 371 Å². The van der Waals surface area contributed by atoms with Gasteiger partial charge < -0.3 is 40.2 Å². The molecule has 354 valence electrons. The van der Waals surface area contributed by atoms with Crippen molar-refractivity contribution in [2.45, 2.75) is 119 Å². The van der Waals surface area contributed by atoms with E-state index in [1.165, 1.54) is 23.5 Å². The predicted octanol–water partition coefficient (Wildman–Crippen LogP) is 6.08. The Balaban J connectivity index is -0.000000244. The average Bonchev–Trinajstić information content (AvgIpc) is 3.17. The highest BCUT2D eigenvalue weighted by atomic mass is 32.2. The minimum Gasteiger partial charge on any atom is -0.380 e. The average molecular weight is 887 g/mol. The smallest absolute Gasteiger partial charge is 0.233 e. The first-order valence-electron chi connectivity index (χ1n) is 21.6. The van der Waals surface area contributed by atoms with Gasteiger partial charge in [0.25, 0.3) is 0 Å². The minimum absolute atomic E-state index is 0. The van der Waals surface area contributed by atoms with E-state index in [1.54, 1.807) is 0 Å². The molecule has 59 heavy (non-hydrogen) atoms. The number of rotatable bonds is 36. The van der Waals surface area contributed by atoms with Crippen LogP contribution in [-0.2, 0) is 47.7 Å². The van der Waals surface area contributed by atoms with Crippen LogP contribution < -0.4 is 21.3 Å². The summed E-state index contributed by atoms with van der Waals surface area (Å²) < 4.78 is 21.8. The number of nitrogens with one attached hydrogen (secondary N) is 4. The molecule has 0 rings (SSSR count). The summed E-state index contributed by atoms with van der Waals surface area (Å²) >= 11 is 2.57. The van der Waals surface area contributed by atoms with Crippen LogP contribution in [0.5, 0.6) is 0 Å². The number of Topliss-reactive ketones (excluding diaryl/α,β-unsaturated/α-hetero) is 2. The van der Waals surface area contributed by atoms with Crippen molar-refractivity contribution in [1.29, 1.82) is 0 Å². The Bertz CT molecular complexity index is 1170. The number of hydrogen-bond donors (Lipinski definition) is 4. The third-order valence-electron chi connectivity index (χ3n) is 8.29. The summed E-state index contributed by atoms with van der Waals surface area (Å²) in [7, 11) is 0. The van der Waals surface area contributed by atoms with Crippen molar-refractivity contribution in [3.05, 3.63) is 0 Å². The maximum atomic E-state index is 12.6. The number of carbonyl (C=O) groups excluding carboxylic acids is 6. The van der Waals surface area contributed by atoms with Crippen LogP contribution in [0.4, 0.5) is 0 Å². The molecule has 0 radical (unpaired) electrons. The quantitative estimate of drug-likeness (QED) is 0.0532. The van der Waals surface area contributed by atoms with E-state index < -0.39 is 10.5 Å². The maximum Gasteiger partial charge on any atom is 0.233 e. The van der Waals surface area contributed by atoms with Crippen molar-refractivity contribution in [1.82, 2.24) is 21.3 Å². The van der Waals surface area contributed by atoms with Gasteiger partial charge in [0.2, 0.25) is 23.6 Å². The molecule has 0 aromatic rings. The highest BCUT2D eigenvalue weighted by molar-refractivity contribution is 8.01. The van der Waals surface area contributed by atoms with Crippen LogP contribution in [0.2, 0.25) is 0 Å². The van der Waals surface area contributed by atoms with Gasteiger partial charge in [-0.25, -0.2) is 0 Å². The molecular weight excluding hydrogens is 797 g/mol. The first-order chi connectivity index (χ1) is 27.9. The summed E-state index contributed by atoms with van der Waals surface area (Å²) in [4.78, 5) is 73.3. The summed E-state index contributed by atoms with van der Waals surface area (Å²) in [6, 6.07) is 0. The highest BCUT2D eigenvalue weighted by Gasteiger charge is 2.25. The SMILES string of the molecule is CCC(C)COCCNC(=O)C(CC(=O)NCCOCC(C)C)SCCC(=O)C(C)C.CCCOCCNC(=O)C(CC(=O)NCCOCC(C)C)SCC(=O)C(C)C.[HH].[HH].[HH].[HH]. The van der Waals surface area contributed by atoms with Crippen molar-refractivity contribution in [2.24, 2.45) is 29.6 Å². The summed E-state index contributed by atoms with van der Waals surface area (Å²) in [5.41, 5.74) is 0. The number of ketones is 2. The molecule has 0 heterocycles. The second-order valence-electron chi connectivity index (χ2n) is 16.0. The predicted molar refractivity (Wildman–Crippen MR) is 249 cm³/mol. The summed E-state index contributed by atoms with van der Waals surface area (Å²) in [5, 5.41) is 10.1. The maximum absolute atomic E-state index is 12.6. The normalized spacial score (nSPS) is 12.8. The van der Waals surface area contributed by atoms with Crippen molar-refractivity contribution in [3.63, 3.8) is 0 Å². The van der Waals surface area contributed by atoms with E-state index in [4.69, 9.17) is 18.9 Å². The van der Waals surface area contributed by atoms with E-state index >= 15 is 0 Å². The van der Waals surface area contributed by atoms with Gasteiger partial charge in [0.1, 0.15) is 11.6 Å². The van der Waals surface area contributed by atoms with Gasteiger partial charge >= 0.3 is 0 Å². The minimum atomic E-state index is -0.606. The van der Waals surface area contributed by atoms with Crippen LogP contribution in [0.15, 0.2) is 0 Å². The van der Waals surface area contributed by atoms with Crippen molar-refractivity contribution in [2.75, 3.05) is 90.5 Å². The molecule has 0 saturated heterocycles. The van der Waals surface area contributed by atoms with Gasteiger partial charge in [0.15, 0.2) is 0 Å². The van der Waals surface area contributed by atoms with Crippen molar-refractivity contribution < 1.29 is 53.4 Å². The van der Waals surface area contributed by atoms with Crippen molar-refractivity contribution >= 4 is 58.7 Å². The molecule has 0 bridgehead atoms. The number of carbonyl (C=O) groups is 6. The molecule has 3 atom stereocenters. The van der Waals surface area contributed by atoms with Gasteiger partial charge in [-0.1, -0.05) is 82.6 Å². The van der Waals surface area contributed by atoms with Crippen LogP contribution in [-0.4, -0.2) is 136 Å². The number of ether oxygens (including phenoxy) is 4. The van der Waals surface area contributed by atoms with Gasteiger partial charge in [-0.3, -0.25) is 28.8 Å². The van der Waals surface area contributed by atoms with Gasteiger partial charge in [0, 0.05) is 95.2 Å². The lowest BCUT2D eigenvalue weighted by molar-refractivity contribution is -0.126. The van der Waals surface area contributed by atoms with Gasteiger partial charge in [-0.05, 0) is 24.2 Å². The molecule has 0 aliphatic rings. The first-order valence-corrected chi connectivity index (χ1v) is 23.7. The topological polar surface area (TPSA) is 187 Å². The van der Waals surface area contributed by atoms with E-state index in [0.29, 0.717) is 109 Å². The van der Waals surface area contributed by atoms with Crippen molar-refractivity contribution in [3.8, 4) is 0 Å². The van der Waals surface area contributed by atoms with E-state index in [2.05, 4.69) is 62.8 Å². The molecule has 16 heteroatoms. The zero-order valence-corrected chi connectivity index (χ0v) is 40.0. The third kappa shape index (κ3) is 37.3. The van der Waals surface area contributed by atoms with E-state index in [0.717, 1.165) is 12.8 Å². The summed E-state index contributed by atoms with van der Waals surface area (Å²) in [6.07, 6.45) is 2.48. The van der Waals surface area contributed by atoms with Crippen LogP contribution >= 0.6 is 23.5 Å². The molecule has 0 fully saturated rings. The third-order valence-corrected chi connectivity index (χ3v) is 10.7. The first kappa shape index (κ1) is 58.9. The Morgan fingerprint density at radius 3 is 1.37 bits per heavy atom. The van der Waals surface area contributed by atoms with E-state index in [1.807, 2.05) is 34.6 Å². The molecule has 4 amide bonds. The number of thioether (sulfide) groups is 2. The van der Waals surface area contributed by atoms with E-state index in [-0.39, 0.29) is 71.3 Å². The van der Waals surface area contributed by atoms with Crippen LogP contribution in [0.3, 0.4) is 0 Å². The summed E-state index contributed by atoms with van der Waals surface area (Å²) in [6.45, 7) is 27.9. The molecule has 14 nitrogen and oxygen atoms in total. The largest absolute Gasteiger partial charge is 0.380 e. The Hall–Kier alpha value is -2.24. The van der Waals surface area contributed by atoms with Crippen LogP contribution in [0, 0.1) is 29.6 Å². The molecule has 0 aromatic carbocycles. The lowest BCUT2D eigenvalue weighted by Crippen LogP contribution is -2.39. The number of hydrogen-bond acceptors (Lipinski definition) is 12. The Kier molecular flexibility index (Phi) is 38.6. The molecule has 0 spiro atoms. The molecular formula is C43H90N4O10S2. The molecule has 3 unspecified atom stereocenters. The highest BCUT2D eigenvalue weighted by Crippen LogP contribution is 2.19. The molecule has 0 aliphatic heterocycles. The number of amides is 4. The second kappa shape index (κ2) is 38.7. The lowest BCUT2D eigenvalue weighted by Gasteiger charge is -2.17. The second-order valence-corrected chi connectivity index (χ2v) is 18.5. The molecule has 0 aliphatic carbocycles. The Morgan fingerprint density at radius 2 is 0.949 bits per heavy atom. The van der Waals surface area contributed by atoms with Crippen LogP contribution in [0.25, 0.3) is 0 Å². The molecule has 4 N–H and O–H groups in total. The zero-order valence-electron chi connectivity index (χ0n) is 38.4. The van der Waals surface area contributed by atoms with E-state index in [9.17, 15) is 28.8 Å². The monoisotopic (exact) mass is 887 g/mol. The van der Waals surface area contributed by atoms with Gasteiger partial charge in [0.05, 0.1) is 42.7 Å². The molecule has 0 saturated carbocycles. The lowest BCUT2D eigenvalue weighted by atomic mass is 10.1. The fourth-order valence-electron chi connectivity index (χ4n) is 4.41. The van der Waals surface area contributed by atoms with Gasteiger partial charge in [-0.15, -0.1) is 23.5 Å². The zero-order chi connectivity index (χ0) is 45.0.